The van der Waals surface area contributed by atoms with Gasteiger partial charge in [0.05, 0.1) is 17.5 Å². The molecule has 1 fully saturated rings. The van der Waals surface area contributed by atoms with Crippen molar-refractivity contribution in [2.45, 2.75) is 44.4 Å². The molecule has 3 aromatic carbocycles. The van der Waals surface area contributed by atoms with Crippen LogP contribution in [-0.4, -0.2) is 63.5 Å². The van der Waals surface area contributed by atoms with Crippen LogP contribution in [0, 0.1) is 5.82 Å². The molecule has 0 bridgehead atoms. The third-order valence-corrected chi connectivity index (χ3v) is 8.41. The molecule has 0 unspecified atom stereocenters. The van der Waals surface area contributed by atoms with E-state index in [9.17, 15) is 41.0 Å². The van der Waals surface area contributed by atoms with Crippen LogP contribution in [0.2, 0.25) is 0 Å². The fourth-order valence-electron chi connectivity index (χ4n) is 6.16. The number of carbonyl (C=O) groups is 2. The van der Waals surface area contributed by atoms with E-state index in [1.54, 1.807) is 17.4 Å². The van der Waals surface area contributed by atoms with Crippen molar-refractivity contribution < 1.29 is 45.4 Å². The van der Waals surface area contributed by atoms with Crippen molar-refractivity contribution >= 4 is 17.5 Å². The van der Waals surface area contributed by atoms with Crippen molar-refractivity contribution in [3.05, 3.63) is 101 Å². The average molecular weight is 676 g/mol. The van der Waals surface area contributed by atoms with Crippen molar-refractivity contribution in [1.82, 2.24) is 20.0 Å². The molecule has 15 heteroatoms. The lowest BCUT2D eigenvalue weighted by Gasteiger charge is -2.28. The molecule has 8 nitrogen and oxygen atoms in total. The molecule has 6 rings (SSSR count). The van der Waals surface area contributed by atoms with Crippen LogP contribution in [0.4, 0.5) is 36.4 Å². The molecule has 2 amide bonds. The first kappa shape index (κ1) is 33.2. The number of aliphatic hydroxyl groups is 1. The number of rotatable bonds is 7. The number of carbonyl (C=O) groups excluding carboxylic acids is 2. The second kappa shape index (κ2) is 12.7. The first-order valence-electron chi connectivity index (χ1n) is 14.9. The number of aliphatic hydroxyl groups excluding tert-OH is 1. The number of amides is 2. The van der Waals surface area contributed by atoms with Gasteiger partial charge in [0, 0.05) is 38.3 Å². The first-order chi connectivity index (χ1) is 22.7. The highest BCUT2D eigenvalue weighted by molar-refractivity contribution is 6.08. The van der Waals surface area contributed by atoms with Gasteiger partial charge in [-0.05, 0) is 53.3 Å². The van der Waals surface area contributed by atoms with Gasteiger partial charge in [0.1, 0.15) is 11.5 Å². The van der Waals surface area contributed by atoms with Gasteiger partial charge in [0.15, 0.2) is 5.69 Å². The molecular weight excluding hydrogens is 647 g/mol. The second-order valence-electron chi connectivity index (χ2n) is 11.6. The van der Waals surface area contributed by atoms with Gasteiger partial charge in [0.25, 0.3) is 5.91 Å². The number of alkyl halides is 6. The van der Waals surface area contributed by atoms with Crippen LogP contribution in [0.1, 0.15) is 39.3 Å². The van der Waals surface area contributed by atoms with E-state index in [0.717, 1.165) is 16.0 Å². The van der Waals surface area contributed by atoms with E-state index in [-0.39, 0.29) is 29.9 Å². The predicted octanol–water partition coefficient (Wildman–Crippen LogP) is 5.65. The van der Waals surface area contributed by atoms with Gasteiger partial charge in [-0.2, -0.15) is 31.4 Å². The molecule has 0 saturated carbocycles. The van der Waals surface area contributed by atoms with E-state index in [1.165, 1.54) is 36.4 Å². The number of nitrogens with zero attached hydrogens (tertiary/aromatic N) is 4. The molecular formula is C33H28F7N5O3. The van der Waals surface area contributed by atoms with Crippen molar-refractivity contribution in [2.24, 2.45) is 0 Å². The van der Waals surface area contributed by atoms with Crippen LogP contribution in [0.3, 0.4) is 0 Å². The van der Waals surface area contributed by atoms with Gasteiger partial charge < -0.3 is 15.3 Å². The van der Waals surface area contributed by atoms with Gasteiger partial charge in [-0.1, -0.05) is 48.5 Å². The summed E-state index contributed by atoms with van der Waals surface area (Å²) in [6, 6.07) is 16.9. The number of nitrogens with one attached hydrogen (secondary N) is 1. The molecule has 252 valence electrons. The third-order valence-electron chi connectivity index (χ3n) is 8.41. The van der Waals surface area contributed by atoms with Gasteiger partial charge >= 0.3 is 18.3 Å². The summed E-state index contributed by atoms with van der Waals surface area (Å²) in [6.07, 6.45) is -10.3. The Bertz CT molecular complexity index is 1870. The van der Waals surface area contributed by atoms with Gasteiger partial charge in [-0.3, -0.25) is 14.5 Å². The lowest BCUT2D eigenvalue weighted by atomic mass is 9.98. The predicted molar refractivity (Wildman–Crippen MR) is 160 cm³/mol. The summed E-state index contributed by atoms with van der Waals surface area (Å²) in [5, 5.41) is 15.3. The van der Waals surface area contributed by atoms with Crippen molar-refractivity contribution in [3.8, 4) is 16.8 Å². The number of aromatic nitrogens is 2. The maximum atomic E-state index is 15.8. The maximum absolute atomic E-state index is 15.8. The summed E-state index contributed by atoms with van der Waals surface area (Å²) < 4.78 is 97.4. The zero-order chi connectivity index (χ0) is 34.4. The highest BCUT2D eigenvalue weighted by Crippen LogP contribution is 2.38. The number of benzene rings is 3. The van der Waals surface area contributed by atoms with E-state index < -0.39 is 59.6 Å². The van der Waals surface area contributed by atoms with Gasteiger partial charge in [0.2, 0.25) is 0 Å². The number of fused-ring (bicyclic) bond motifs is 1. The summed E-state index contributed by atoms with van der Waals surface area (Å²) in [4.78, 5) is 28.5. The topological polar surface area (TPSA) is 90.7 Å². The number of halogens is 7. The normalized spacial score (nSPS) is 17.1. The molecule has 1 saturated heterocycles. The number of hydrogen-bond acceptors (Lipinski definition) is 5. The summed E-state index contributed by atoms with van der Waals surface area (Å²) in [6.45, 7) is 0.727. The summed E-state index contributed by atoms with van der Waals surface area (Å²) >= 11 is 0. The van der Waals surface area contributed by atoms with E-state index in [2.05, 4.69) is 10.00 Å². The highest BCUT2D eigenvalue weighted by atomic mass is 19.4. The van der Waals surface area contributed by atoms with Crippen molar-refractivity contribution in [3.63, 3.8) is 0 Å². The highest BCUT2D eigenvalue weighted by Gasteiger charge is 2.44. The SMILES string of the molecule is O=C1c2c(c(C(F)(F)F)nn2-c2ccccc2CNC(=O)C(F)(F)F)CCN1c1ccc(-c2ccccc2CN2CC[C@@H](O)C2)cc1F. The standard InChI is InChI=1S/C33H28F7N5O3/c34-25-15-19(23-7-3-1-6-21(23)17-43-13-11-22(46)18-43)9-10-27(25)44-14-12-24-28(30(44)47)45(42-29(24)32(35,36)37)26-8-4-2-5-20(26)16-41-31(48)33(38,39)40/h1-10,15,22,46H,11-14,16-18H2,(H,41,48)/t22-/m1/s1. The quantitative estimate of drug-likeness (QED) is 0.248. The number of β-amino-alcohol motifs (C(OH)–C–C–N with tert-alkyl or cyclic N) is 1. The smallest absolute Gasteiger partial charge is 0.392 e. The molecule has 2 aliphatic heterocycles. The van der Waals surface area contributed by atoms with Crippen molar-refractivity contribution in [1.29, 1.82) is 0 Å². The summed E-state index contributed by atoms with van der Waals surface area (Å²) in [7, 11) is 0. The Morgan fingerprint density at radius 3 is 2.31 bits per heavy atom. The average Bonchev–Trinajstić information content (AvgIpc) is 3.64. The van der Waals surface area contributed by atoms with E-state index in [1.807, 2.05) is 18.2 Å². The van der Waals surface area contributed by atoms with Crippen LogP contribution < -0.4 is 10.2 Å². The van der Waals surface area contributed by atoms with Crippen LogP contribution in [0.25, 0.3) is 16.8 Å². The lowest BCUT2D eigenvalue weighted by Crippen LogP contribution is -2.39. The molecule has 3 heterocycles. The molecule has 0 aliphatic carbocycles. The minimum absolute atomic E-state index is 0.0447. The number of anilines is 1. The van der Waals surface area contributed by atoms with Gasteiger partial charge in [-0.15, -0.1) is 0 Å². The summed E-state index contributed by atoms with van der Waals surface area (Å²) in [5.41, 5.74) is -0.558. The monoisotopic (exact) mass is 675 g/mol. The van der Waals surface area contributed by atoms with E-state index >= 15 is 4.39 Å². The van der Waals surface area contributed by atoms with Crippen LogP contribution >= 0.6 is 0 Å². The third kappa shape index (κ3) is 6.52. The molecule has 1 aromatic heterocycles. The Balaban J connectivity index is 1.34. The molecule has 2 N–H and O–H groups in total. The molecule has 4 aromatic rings. The van der Waals surface area contributed by atoms with Crippen LogP contribution in [0.5, 0.6) is 0 Å². The van der Waals surface area contributed by atoms with E-state index in [0.29, 0.717) is 36.3 Å². The number of likely N-dealkylation sites (tertiary alicyclic amines) is 1. The lowest BCUT2D eigenvalue weighted by molar-refractivity contribution is -0.173. The minimum Gasteiger partial charge on any atom is -0.392 e. The van der Waals surface area contributed by atoms with Gasteiger partial charge in [-0.25, -0.2) is 9.07 Å². The van der Waals surface area contributed by atoms with E-state index in [4.69, 9.17) is 0 Å². The fourth-order valence-corrected chi connectivity index (χ4v) is 6.16. The molecule has 1 atom stereocenters. The zero-order valence-electron chi connectivity index (χ0n) is 25.1. The first-order valence-corrected chi connectivity index (χ1v) is 14.9. The Morgan fingerprint density at radius 1 is 0.938 bits per heavy atom. The second-order valence-corrected chi connectivity index (χ2v) is 11.6. The van der Waals surface area contributed by atoms with Crippen molar-refractivity contribution in [2.75, 3.05) is 24.5 Å². The van der Waals surface area contributed by atoms with Crippen LogP contribution in [-0.2, 0) is 30.5 Å². The molecule has 2 aliphatic rings. The zero-order valence-corrected chi connectivity index (χ0v) is 25.1. The Morgan fingerprint density at radius 2 is 1.65 bits per heavy atom. The number of hydrogen-bond donors (Lipinski definition) is 2. The van der Waals surface area contributed by atoms with Crippen LogP contribution in [0.15, 0.2) is 66.7 Å². The maximum Gasteiger partial charge on any atom is 0.471 e. The Kier molecular flexibility index (Phi) is 8.76. The Labute approximate surface area is 269 Å². The fraction of sp³-hybridized carbons (Fsp3) is 0.303. The molecule has 48 heavy (non-hydrogen) atoms. The molecule has 0 radical (unpaired) electrons. The minimum atomic E-state index is -5.20. The summed E-state index contributed by atoms with van der Waals surface area (Å²) in [5.74, 6) is -4.05. The number of para-hydroxylation sites is 1. The Hall–Kier alpha value is -4.76. The largest absolute Gasteiger partial charge is 0.471 e. The molecule has 0 spiro atoms.